The maximum atomic E-state index is 13.2. The zero-order valence-electron chi connectivity index (χ0n) is 20.6. The van der Waals surface area contributed by atoms with Crippen LogP contribution in [-0.4, -0.2) is 28.6 Å². The lowest BCUT2D eigenvalue weighted by molar-refractivity contribution is -0.123. The number of benzene rings is 4. The average Bonchev–Trinajstić information content (AvgIpc) is 3.18. The molecule has 4 aromatic carbocycles. The molecule has 2 amide bonds. The van der Waals surface area contributed by atoms with Gasteiger partial charge in [-0.3, -0.25) is 14.5 Å². The topological polar surface area (TPSA) is 72.9 Å². The van der Waals surface area contributed by atoms with Crippen LogP contribution in [0.25, 0.3) is 16.8 Å². The van der Waals surface area contributed by atoms with Gasteiger partial charge < -0.3 is 9.47 Å². The molecule has 0 atom stereocenters. The van der Waals surface area contributed by atoms with E-state index in [4.69, 9.17) is 21.1 Å². The Kier molecular flexibility index (Phi) is 8.07. The largest absolute Gasteiger partial charge is 0.490 e. The molecule has 0 aromatic heterocycles. The fraction of sp³-hybridized carbons (Fsp3) is 0.100. The highest BCUT2D eigenvalue weighted by Gasteiger charge is 2.35. The van der Waals surface area contributed by atoms with Crippen molar-refractivity contribution >= 4 is 73.3 Å². The molecule has 0 saturated carbocycles. The quantitative estimate of drug-likeness (QED) is 0.118. The van der Waals surface area contributed by atoms with Crippen LogP contribution in [0.2, 0.25) is 5.02 Å². The second-order valence-electron chi connectivity index (χ2n) is 8.58. The zero-order chi connectivity index (χ0) is 27.5. The van der Waals surface area contributed by atoms with Crippen LogP contribution >= 0.6 is 39.3 Å². The standard InChI is InChI=1S/C30H21BrClNO5S/c1-2-37-25-15-19(14-23(31)27(25)38-29(35)22-9-5-6-10-24(22)32)16-26-28(34)33(30(36)39-26)17-18-11-12-20-7-3-4-8-21(20)13-18/h3-16H,2,17H2,1H3/b26-16-. The first kappa shape index (κ1) is 27.0. The number of amides is 2. The van der Waals surface area contributed by atoms with E-state index >= 15 is 0 Å². The van der Waals surface area contributed by atoms with Gasteiger partial charge in [0.05, 0.1) is 33.1 Å². The molecule has 1 heterocycles. The molecule has 5 rings (SSSR count). The number of carbonyl (C=O) groups excluding carboxylic acids is 3. The van der Waals surface area contributed by atoms with E-state index in [1.54, 1.807) is 49.4 Å². The Morgan fingerprint density at radius 1 is 1.00 bits per heavy atom. The van der Waals surface area contributed by atoms with E-state index in [2.05, 4.69) is 15.9 Å². The van der Waals surface area contributed by atoms with Crippen molar-refractivity contribution in [2.45, 2.75) is 13.5 Å². The number of rotatable bonds is 7. The number of fused-ring (bicyclic) bond motifs is 1. The van der Waals surface area contributed by atoms with E-state index in [0.29, 0.717) is 22.4 Å². The Bertz CT molecular complexity index is 1650. The fourth-order valence-electron chi connectivity index (χ4n) is 4.12. The van der Waals surface area contributed by atoms with Crippen molar-refractivity contribution in [2.24, 2.45) is 0 Å². The van der Waals surface area contributed by atoms with Crippen molar-refractivity contribution in [3.05, 3.63) is 110 Å². The highest BCUT2D eigenvalue weighted by molar-refractivity contribution is 9.10. The van der Waals surface area contributed by atoms with Crippen molar-refractivity contribution in [2.75, 3.05) is 6.61 Å². The zero-order valence-corrected chi connectivity index (χ0v) is 23.8. The molecule has 4 aromatic rings. The lowest BCUT2D eigenvalue weighted by atomic mass is 10.1. The van der Waals surface area contributed by atoms with Gasteiger partial charge in [0.1, 0.15) is 0 Å². The molecule has 39 heavy (non-hydrogen) atoms. The van der Waals surface area contributed by atoms with E-state index in [1.807, 2.05) is 42.5 Å². The van der Waals surface area contributed by atoms with Crippen LogP contribution in [0.5, 0.6) is 11.5 Å². The Balaban J connectivity index is 1.39. The molecule has 0 N–H and O–H groups in total. The number of imide groups is 1. The van der Waals surface area contributed by atoms with Gasteiger partial charge in [0.15, 0.2) is 11.5 Å². The van der Waals surface area contributed by atoms with Crippen molar-refractivity contribution in [3.8, 4) is 11.5 Å². The van der Waals surface area contributed by atoms with Crippen LogP contribution in [0.4, 0.5) is 4.79 Å². The number of carbonyl (C=O) groups is 3. The van der Waals surface area contributed by atoms with Gasteiger partial charge in [0.2, 0.25) is 0 Å². The SMILES string of the molecule is CCOc1cc(/C=C2\SC(=O)N(Cc3ccc4ccccc4c3)C2=O)cc(Br)c1OC(=O)c1ccccc1Cl. The molecule has 1 aliphatic rings. The molecule has 0 bridgehead atoms. The van der Waals surface area contributed by atoms with E-state index < -0.39 is 5.97 Å². The Hall–Kier alpha value is -3.59. The fourth-order valence-corrected chi connectivity index (χ4v) is 5.71. The van der Waals surface area contributed by atoms with Crippen molar-refractivity contribution < 1.29 is 23.9 Å². The molecule has 1 aliphatic heterocycles. The molecule has 196 valence electrons. The third kappa shape index (κ3) is 5.88. The van der Waals surface area contributed by atoms with E-state index in [0.717, 1.165) is 28.1 Å². The Morgan fingerprint density at radius 3 is 2.51 bits per heavy atom. The summed E-state index contributed by atoms with van der Waals surface area (Å²) in [6.07, 6.45) is 1.62. The van der Waals surface area contributed by atoms with Gasteiger partial charge in [0.25, 0.3) is 11.1 Å². The highest BCUT2D eigenvalue weighted by atomic mass is 79.9. The monoisotopic (exact) mass is 621 g/mol. The number of esters is 1. The molecule has 1 fully saturated rings. The molecule has 6 nitrogen and oxygen atoms in total. The first-order valence-electron chi connectivity index (χ1n) is 12.0. The average molecular weight is 623 g/mol. The third-order valence-electron chi connectivity index (χ3n) is 5.95. The van der Waals surface area contributed by atoms with Crippen molar-refractivity contribution in [1.82, 2.24) is 4.90 Å². The second-order valence-corrected chi connectivity index (χ2v) is 10.8. The lowest BCUT2D eigenvalue weighted by Crippen LogP contribution is -2.27. The third-order valence-corrected chi connectivity index (χ3v) is 7.77. The van der Waals surface area contributed by atoms with Crippen molar-refractivity contribution in [1.29, 1.82) is 0 Å². The number of hydrogen-bond acceptors (Lipinski definition) is 6. The predicted octanol–water partition coefficient (Wildman–Crippen LogP) is 8.11. The molecule has 0 unspecified atom stereocenters. The molecular formula is C30H21BrClNO5S. The van der Waals surface area contributed by atoms with Gasteiger partial charge in [-0.1, -0.05) is 60.1 Å². The first-order valence-corrected chi connectivity index (χ1v) is 14.0. The molecule has 1 saturated heterocycles. The maximum Gasteiger partial charge on any atom is 0.345 e. The van der Waals surface area contributed by atoms with Crippen LogP contribution < -0.4 is 9.47 Å². The van der Waals surface area contributed by atoms with Gasteiger partial charge >= 0.3 is 5.97 Å². The predicted molar refractivity (Wildman–Crippen MR) is 157 cm³/mol. The van der Waals surface area contributed by atoms with Crippen LogP contribution in [0, 0.1) is 0 Å². The number of halogens is 2. The normalized spacial score (nSPS) is 14.3. The number of hydrogen-bond donors (Lipinski definition) is 0. The summed E-state index contributed by atoms with van der Waals surface area (Å²) in [6, 6.07) is 23.7. The van der Waals surface area contributed by atoms with Crippen LogP contribution in [-0.2, 0) is 11.3 Å². The van der Waals surface area contributed by atoms with Gasteiger partial charge in [-0.05, 0) is 92.9 Å². The summed E-state index contributed by atoms with van der Waals surface area (Å²) in [4.78, 5) is 40.2. The number of thioether (sulfide) groups is 1. The molecule has 0 aliphatic carbocycles. The van der Waals surface area contributed by atoms with Crippen molar-refractivity contribution in [3.63, 3.8) is 0 Å². The van der Waals surface area contributed by atoms with E-state index in [9.17, 15) is 14.4 Å². The van der Waals surface area contributed by atoms with Crippen LogP contribution in [0.3, 0.4) is 0 Å². The minimum atomic E-state index is -0.634. The summed E-state index contributed by atoms with van der Waals surface area (Å²) >= 11 is 10.5. The molecule has 9 heteroatoms. The molecular weight excluding hydrogens is 602 g/mol. The van der Waals surface area contributed by atoms with Gasteiger partial charge in [-0.25, -0.2) is 4.79 Å². The number of nitrogens with zero attached hydrogens (tertiary/aromatic N) is 1. The summed E-state index contributed by atoms with van der Waals surface area (Å²) in [5.41, 5.74) is 1.68. The van der Waals surface area contributed by atoms with Gasteiger partial charge in [-0.2, -0.15) is 0 Å². The number of ether oxygens (including phenoxy) is 2. The van der Waals surface area contributed by atoms with E-state index in [1.165, 1.54) is 4.90 Å². The minimum Gasteiger partial charge on any atom is -0.490 e. The summed E-state index contributed by atoms with van der Waals surface area (Å²) in [7, 11) is 0. The summed E-state index contributed by atoms with van der Waals surface area (Å²) in [5.74, 6) is -0.525. The minimum absolute atomic E-state index is 0.178. The summed E-state index contributed by atoms with van der Waals surface area (Å²) in [6.45, 7) is 2.30. The van der Waals surface area contributed by atoms with E-state index in [-0.39, 0.29) is 38.9 Å². The second kappa shape index (κ2) is 11.7. The van der Waals surface area contributed by atoms with Crippen LogP contribution in [0.15, 0.2) is 88.2 Å². The first-order chi connectivity index (χ1) is 18.8. The summed E-state index contributed by atoms with van der Waals surface area (Å²) < 4.78 is 11.8. The summed E-state index contributed by atoms with van der Waals surface area (Å²) in [5, 5.41) is 2.06. The Morgan fingerprint density at radius 2 is 1.74 bits per heavy atom. The lowest BCUT2D eigenvalue weighted by Gasteiger charge is -2.14. The maximum absolute atomic E-state index is 13.2. The molecule has 0 radical (unpaired) electrons. The highest BCUT2D eigenvalue weighted by Crippen LogP contribution is 2.40. The van der Waals surface area contributed by atoms with Gasteiger partial charge in [-0.15, -0.1) is 0 Å². The van der Waals surface area contributed by atoms with Crippen LogP contribution in [0.1, 0.15) is 28.4 Å². The smallest absolute Gasteiger partial charge is 0.345 e. The Labute approximate surface area is 242 Å². The van der Waals surface area contributed by atoms with Gasteiger partial charge in [0, 0.05) is 0 Å². The molecule has 0 spiro atoms.